The van der Waals surface area contributed by atoms with Gasteiger partial charge in [0.2, 0.25) is 0 Å². The number of carbonyl (C=O) groups excluding carboxylic acids is 1. The molecule has 0 radical (unpaired) electrons. The van der Waals surface area contributed by atoms with E-state index in [2.05, 4.69) is 47.3 Å². The van der Waals surface area contributed by atoms with E-state index in [-0.39, 0.29) is 5.91 Å². The van der Waals surface area contributed by atoms with E-state index in [0.717, 1.165) is 33.5 Å². The molecule has 5 rings (SSSR count). The highest BCUT2D eigenvalue weighted by Gasteiger charge is 2.17. The van der Waals surface area contributed by atoms with Crippen molar-refractivity contribution in [1.29, 1.82) is 0 Å². The molecule has 32 heavy (non-hydrogen) atoms. The summed E-state index contributed by atoms with van der Waals surface area (Å²) in [4.78, 5) is 22.6. The van der Waals surface area contributed by atoms with Gasteiger partial charge in [-0.15, -0.1) is 11.3 Å². The van der Waals surface area contributed by atoms with Crippen molar-refractivity contribution in [2.75, 3.05) is 5.32 Å². The largest absolute Gasteiger partial charge is 0.460 e. The topological polar surface area (TPSA) is 68.0 Å². The number of furan rings is 1. The van der Waals surface area contributed by atoms with Crippen molar-refractivity contribution in [3.05, 3.63) is 88.5 Å². The normalized spacial score (nSPS) is 11.1. The third kappa shape index (κ3) is 3.81. The molecule has 1 amide bonds. The number of pyridine rings is 1. The molecule has 5 aromatic rings. The second-order valence-corrected chi connectivity index (χ2v) is 8.65. The number of hydrogen-bond acceptors (Lipinski definition) is 5. The van der Waals surface area contributed by atoms with Crippen molar-refractivity contribution in [2.45, 2.75) is 20.8 Å². The predicted octanol–water partition coefficient (Wildman–Crippen LogP) is 6.80. The van der Waals surface area contributed by atoms with Gasteiger partial charge in [-0.2, -0.15) is 0 Å². The van der Waals surface area contributed by atoms with Gasteiger partial charge in [-0.3, -0.25) is 10.1 Å². The van der Waals surface area contributed by atoms with Crippen LogP contribution in [0.5, 0.6) is 0 Å². The van der Waals surface area contributed by atoms with Crippen molar-refractivity contribution in [3.8, 4) is 22.7 Å². The molecule has 0 aliphatic rings. The fourth-order valence-electron chi connectivity index (χ4n) is 3.78. The molecule has 3 heterocycles. The summed E-state index contributed by atoms with van der Waals surface area (Å²) in [5.41, 5.74) is 6.18. The highest BCUT2D eigenvalue weighted by Crippen LogP contribution is 2.30. The van der Waals surface area contributed by atoms with Gasteiger partial charge >= 0.3 is 0 Å². The van der Waals surface area contributed by atoms with Gasteiger partial charge in [0.15, 0.2) is 10.9 Å². The number of nitrogens with zero attached hydrogens (tertiary/aromatic N) is 2. The van der Waals surface area contributed by atoms with Gasteiger partial charge in [0.25, 0.3) is 5.91 Å². The lowest BCUT2D eigenvalue weighted by Crippen LogP contribution is -2.13. The summed E-state index contributed by atoms with van der Waals surface area (Å²) >= 11 is 1.41. The van der Waals surface area contributed by atoms with E-state index in [1.807, 2.05) is 48.7 Å². The SMILES string of the molecule is Cc1ccc(-c2csc(NC(=O)c3cc(-c4ccc(C)o4)nc4ccccc34)n2)c(C)c1. The Morgan fingerprint density at radius 2 is 1.78 bits per heavy atom. The van der Waals surface area contributed by atoms with Crippen molar-refractivity contribution in [1.82, 2.24) is 9.97 Å². The van der Waals surface area contributed by atoms with E-state index in [0.29, 0.717) is 22.1 Å². The Morgan fingerprint density at radius 3 is 2.56 bits per heavy atom. The number of thiazole rings is 1. The summed E-state index contributed by atoms with van der Waals surface area (Å²) in [6, 6.07) is 19.4. The molecule has 6 heteroatoms. The van der Waals surface area contributed by atoms with Crippen LogP contribution in [0.25, 0.3) is 33.6 Å². The summed E-state index contributed by atoms with van der Waals surface area (Å²) < 4.78 is 5.74. The van der Waals surface area contributed by atoms with Gasteiger partial charge in [-0.05, 0) is 50.6 Å². The lowest BCUT2D eigenvalue weighted by atomic mass is 10.0. The van der Waals surface area contributed by atoms with Crippen LogP contribution >= 0.6 is 11.3 Å². The zero-order valence-corrected chi connectivity index (χ0v) is 18.8. The van der Waals surface area contributed by atoms with Gasteiger partial charge in [-0.25, -0.2) is 9.97 Å². The van der Waals surface area contributed by atoms with Crippen LogP contribution in [-0.2, 0) is 0 Å². The standard InChI is InChI=1S/C26H21N3O2S/c1-15-8-10-18(16(2)12-15)23-14-32-26(28-23)29-25(30)20-13-22(24-11-9-17(3)31-24)27-21-7-5-4-6-19(20)21/h4-14H,1-3H3,(H,28,29,30). The summed E-state index contributed by atoms with van der Waals surface area (Å²) in [6.07, 6.45) is 0. The molecule has 0 aliphatic heterocycles. The Bertz CT molecular complexity index is 1470. The molecular weight excluding hydrogens is 418 g/mol. The smallest absolute Gasteiger partial charge is 0.258 e. The molecule has 0 aliphatic carbocycles. The minimum absolute atomic E-state index is 0.227. The van der Waals surface area contributed by atoms with Crippen molar-refractivity contribution < 1.29 is 9.21 Å². The van der Waals surface area contributed by atoms with Crippen LogP contribution in [0.15, 0.2) is 70.5 Å². The van der Waals surface area contributed by atoms with Gasteiger partial charge in [0.05, 0.1) is 16.8 Å². The summed E-state index contributed by atoms with van der Waals surface area (Å²) in [6.45, 7) is 6.02. The maximum Gasteiger partial charge on any atom is 0.258 e. The average molecular weight is 440 g/mol. The molecule has 0 saturated carbocycles. The van der Waals surface area contributed by atoms with E-state index in [1.54, 1.807) is 6.07 Å². The molecule has 1 N–H and O–H groups in total. The van der Waals surface area contributed by atoms with Crippen LogP contribution in [0.3, 0.4) is 0 Å². The van der Waals surface area contributed by atoms with Gasteiger partial charge in [-0.1, -0.05) is 42.0 Å². The molecule has 5 nitrogen and oxygen atoms in total. The van der Waals surface area contributed by atoms with Crippen LogP contribution in [0.1, 0.15) is 27.2 Å². The maximum absolute atomic E-state index is 13.3. The first kappa shape index (κ1) is 20.2. The number of hydrogen-bond donors (Lipinski definition) is 1. The predicted molar refractivity (Wildman–Crippen MR) is 129 cm³/mol. The zero-order valence-electron chi connectivity index (χ0n) is 18.0. The second kappa shape index (κ2) is 8.05. The van der Waals surface area contributed by atoms with Crippen LogP contribution in [0, 0.1) is 20.8 Å². The number of amides is 1. The van der Waals surface area contributed by atoms with Crippen LogP contribution in [-0.4, -0.2) is 15.9 Å². The number of nitrogens with one attached hydrogen (secondary N) is 1. The van der Waals surface area contributed by atoms with Gasteiger partial charge in [0, 0.05) is 16.3 Å². The van der Waals surface area contributed by atoms with E-state index < -0.39 is 0 Å². The number of rotatable bonds is 4. The third-order valence-corrected chi connectivity index (χ3v) is 6.09. The number of anilines is 1. The molecule has 0 saturated heterocycles. The average Bonchev–Trinajstić information content (AvgIpc) is 3.42. The molecule has 0 unspecified atom stereocenters. The molecule has 0 atom stereocenters. The number of aromatic nitrogens is 2. The Hall–Kier alpha value is -3.77. The minimum atomic E-state index is -0.227. The maximum atomic E-state index is 13.3. The van der Waals surface area contributed by atoms with Crippen LogP contribution < -0.4 is 5.32 Å². The van der Waals surface area contributed by atoms with Crippen molar-refractivity contribution in [2.24, 2.45) is 0 Å². The van der Waals surface area contributed by atoms with Gasteiger partial charge in [0.1, 0.15) is 11.5 Å². The first-order chi connectivity index (χ1) is 15.5. The Morgan fingerprint density at radius 1 is 0.938 bits per heavy atom. The van der Waals surface area contributed by atoms with Crippen molar-refractivity contribution >= 4 is 33.3 Å². The fourth-order valence-corrected chi connectivity index (χ4v) is 4.49. The first-order valence-electron chi connectivity index (χ1n) is 10.3. The summed E-state index contributed by atoms with van der Waals surface area (Å²) in [5, 5.41) is 6.27. The molecule has 0 spiro atoms. The van der Waals surface area contributed by atoms with Crippen LogP contribution in [0.4, 0.5) is 5.13 Å². The Kier molecular flexibility index (Phi) is 5.07. The number of carbonyl (C=O) groups is 1. The zero-order chi connectivity index (χ0) is 22.2. The summed E-state index contributed by atoms with van der Waals surface area (Å²) in [5.74, 6) is 1.20. The first-order valence-corrected chi connectivity index (χ1v) is 11.2. The highest BCUT2D eigenvalue weighted by molar-refractivity contribution is 7.14. The lowest BCUT2D eigenvalue weighted by molar-refractivity contribution is 0.102. The number of benzene rings is 2. The summed E-state index contributed by atoms with van der Waals surface area (Å²) in [7, 11) is 0. The lowest BCUT2D eigenvalue weighted by Gasteiger charge is -2.08. The molecule has 0 bridgehead atoms. The van der Waals surface area contributed by atoms with Crippen molar-refractivity contribution in [3.63, 3.8) is 0 Å². The minimum Gasteiger partial charge on any atom is -0.460 e. The van der Waals surface area contributed by atoms with E-state index in [1.165, 1.54) is 16.9 Å². The molecule has 3 aromatic heterocycles. The van der Waals surface area contributed by atoms with E-state index in [4.69, 9.17) is 4.42 Å². The molecule has 2 aromatic carbocycles. The molecular formula is C26H21N3O2S. The monoisotopic (exact) mass is 439 g/mol. The quantitative estimate of drug-likeness (QED) is 0.334. The Labute approximate surface area is 189 Å². The third-order valence-electron chi connectivity index (χ3n) is 5.34. The van der Waals surface area contributed by atoms with E-state index >= 15 is 0 Å². The van der Waals surface area contributed by atoms with E-state index in [9.17, 15) is 4.79 Å². The van der Waals surface area contributed by atoms with Gasteiger partial charge < -0.3 is 4.42 Å². The molecule has 0 fully saturated rings. The molecule has 158 valence electrons. The second-order valence-electron chi connectivity index (χ2n) is 7.79. The number of aryl methyl sites for hydroxylation is 3. The highest BCUT2D eigenvalue weighted by atomic mass is 32.1. The number of para-hydroxylation sites is 1. The fraction of sp³-hybridized carbons (Fsp3) is 0.115. The number of fused-ring (bicyclic) bond motifs is 1. The van der Waals surface area contributed by atoms with Crippen LogP contribution in [0.2, 0.25) is 0 Å². The Balaban J connectivity index is 1.49.